The van der Waals surface area contributed by atoms with Crippen molar-refractivity contribution in [2.24, 2.45) is 5.92 Å². The van der Waals surface area contributed by atoms with Gasteiger partial charge in [0, 0.05) is 48.9 Å². The third kappa shape index (κ3) is 5.95. The number of aliphatic hydroxyl groups is 1. The molecule has 3 heterocycles. The van der Waals surface area contributed by atoms with E-state index < -0.39 is 19.8 Å². The first kappa shape index (κ1) is 34.7. The SMILES string of the molecule is COc1ccc([Si](C)(C)[C@H]2[C@H](CC(=O)N(CCO)Cc3ccccc3)O[C@@]3(C(=O)N(c4ccccc4)c4ccc(N5CCC5=O)cc43)[C@@H]2C)cc1. The van der Waals surface area contributed by atoms with Crippen LogP contribution in [0.25, 0.3) is 0 Å². The van der Waals surface area contributed by atoms with Gasteiger partial charge in [0.15, 0.2) is 5.60 Å². The Labute approximate surface area is 300 Å². The molecule has 264 valence electrons. The Bertz CT molecular complexity index is 1920. The molecule has 2 saturated heterocycles. The fourth-order valence-electron chi connectivity index (χ4n) is 8.53. The number of rotatable bonds is 11. The third-order valence-corrected chi connectivity index (χ3v) is 15.6. The zero-order chi connectivity index (χ0) is 35.9. The minimum atomic E-state index is -2.53. The molecule has 0 unspecified atom stereocenters. The van der Waals surface area contributed by atoms with Crippen LogP contribution in [0, 0.1) is 5.92 Å². The molecule has 1 N–H and O–H groups in total. The second kappa shape index (κ2) is 13.7. The molecule has 4 aromatic rings. The minimum absolute atomic E-state index is 0.0467. The Kier molecular flexibility index (Phi) is 9.34. The van der Waals surface area contributed by atoms with E-state index in [0.717, 1.165) is 33.9 Å². The van der Waals surface area contributed by atoms with Crippen molar-refractivity contribution >= 4 is 48.0 Å². The van der Waals surface area contributed by atoms with E-state index in [4.69, 9.17) is 9.47 Å². The molecule has 0 aliphatic carbocycles. The Morgan fingerprint density at radius 1 is 0.961 bits per heavy atom. The van der Waals surface area contributed by atoms with Crippen molar-refractivity contribution in [2.45, 2.75) is 56.7 Å². The number of fused-ring (bicyclic) bond motifs is 2. The van der Waals surface area contributed by atoms with Crippen molar-refractivity contribution in [1.29, 1.82) is 0 Å². The van der Waals surface area contributed by atoms with Gasteiger partial charge in [0.1, 0.15) is 5.75 Å². The smallest absolute Gasteiger partial charge is 0.268 e. The largest absolute Gasteiger partial charge is 0.497 e. The first-order chi connectivity index (χ1) is 24.6. The molecule has 9 nitrogen and oxygen atoms in total. The zero-order valence-corrected chi connectivity index (χ0v) is 30.6. The molecule has 2 fully saturated rings. The molecule has 0 saturated carbocycles. The van der Waals surface area contributed by atoms with E-state index in [1.54, 1.807) is 21.8 Å². The molecule has 3 aliphatic heterocycles. The van der Waals surface area contributed by atoms with Gasteiger partial charge < -0.3 is 24.4 Å². The van der Waals surface area contributed by atoms with Crippen LogP contribution in [-0.2, 0) is 31.3 Å². The van der Waals surface area contributed by atoms with E-state index in [1.807, 2.05) is 91.0 Å². The highest BCUT2D eigenvalue weighted by Crippen LogP contribution is 2.61. The predicted octanol–water partition coefficient (Wildman–Crippen LogP) is 5.74. The highest BCUT2D eigenvalue weighted by molar-refractivity contribution is 6.91. The summed E-state index contributed by atoms with van der Waals surface area (Å²) in [6, 6.07) is 33.2. The Morgan fingerprint density at radius 2 is 1.65 bits per heavy atom. The number of β-lactam (4-membered cyclic amide) rings is 1. The van der Waals surface area contributed by atoms with Crippen molar-refractivity contribution in [3.05, 3.63) is 114 Å². The highest BCUT2D eigenvalue weighted by atomic mass is 28.3. The topological polar surface area (TPSA) is 99.6 Å². The Morgan fingerprint density at radius 3 is 2.25 bits per heavy atom. The first-order valence-corrected chi connectivity index (χ1v) is 20.8. The van der Waals surface area contributed by atoms with E-state index in [-0.39, 0.29) is 48.8 Å². The fraction of sp³-hybridized carbons (Fsp3) is 0.341. The van der Waals surface area contributed by atoms with E-state index >= 15 is 4.79 Å². The molecule has 4 atom stereocenters. The second-order valence-electron chi connectivity index (χ2n) is 14.4. The average Bonchev–Trinajstić information content (AvgIpc) is 3.57. The number of anilines is 3. The number of methoxy groups -OCH3 is 1. The number of para-hydroxylation sites is 1. The van der Waals surface area contributed by atoms with E-state index in [0.29, 0.717) is 19.5 Å². The maximum absolute atomic E-state index is 15.2. The molecule has 4 aromatic carbocycles. The van der Waals surface area contributed by atoms with Crippen LogP contribution < -0.4 is 19.7 Å². The number of ether oxygens (including phenoxy) is 2. The number of nitrogens with zero attached hydrogens (tertiary/aromatic N) is 3. The normalized spacial score (nSPS) is 22.6. The molecule has 7 rings (SSSR count). The van der Waals surface area contributed by atoms with Gasteiger partial charge in [-0.1, -0.05) is 85.9 Å². The molecule has 0 radical (unpaired) electrons. The van der Waals surface area contributed by atoms with Gasteiger partial charge in [-0.25, -0.2) is 0 Å². The van der Waals surface area contributed by atoms with Gasteiger partial charge in [-0.3, -0.25) is 19.3 Å². The highest BCUT2D eigenvalue weighted by Gasteiger charge is 2.67. The lowest BCUT2D eigenvalue weighted by atomic mass is 9.82. The summed E-state index contributed by atoms with van der Waals surface area (Å²) < 4.78 is 12.7. The number of hydrogen-bond donors (Lipinski definition) is 1. The first-order valence-electron chi connectivity index (χ1n) is 17.7. The predicted molar refractivity (Wildman–Crippen MR) is 200 cm³/mol. The molecule has 3 amide bonds. The van der Waals surface area contributed by atoms with Crippen LogP contribution in [0.5, 0.6) is 5.75 Å². The van der Waals surface area contributed by atoms with Crippen molar-refractivity contribution in [3.63, 3.8) is 0 Å². The van der Waals surface area contributed by atoms with E-state index in [2.05, 4.69) is 32.2 Å². The van der Waals surface area contributed by atoms with Gasteiger partial charge in [-0.05, 0) is 53.6 Å². The summed E-state index contributed by atoms with van der Waals surface area (Å²) in [7, 11) is -0.880. The standard InChI is InChI=1S/C41H45N3O6Si/c1-28-39(51(3,4)33-18-16-32(49-2)17-19-33)36(26-38(47)42(23-24-45)27-29-11-7-5-8-12-29)50-41(28)34-25-31(43-22-21-37(43)46)15-20-35(34)44(40(41)48)30-13-9-6-10-14-30/h5-20,25,28,36,39,45H,21-24,26-27H2,1-4H3/t28-,36+,39-,41+/m1/s1. The molecule has 1 spiro atoms. The number of hydrogen-bond acceptors (Lipinski definition) is 6. The zero-order valence-electron chi connectivity index (χ0n) is 29.6. The van der Waals surface area contributed by atoms with Gasteiger partial charge in [0.25, 0.3) is 5.91 Å². The van der Waals surface area contributed by atoms with Crippen LogP contribution in [0.2, 0.25) is 18.6 Å². The van der Waals surface area contributed by atoms with Crippen molar-refractivity contribution < 1.29 is 29.0 Å². The van der Waals surface area contributed by atoms with Crippen molar-refractivity contribution in [1.82, 2.24) is 4.90 Å². The number of benzene rings is 4. The maximum atomic E-state index is 15.2. The van der Waals surface area contributed by atoms with Gasteiger partial charge in [0.2, 0.25) is 11.8 Å². The van der Waals surface area contributed by atoms with Crippen LogP contribution in [0.3, 0.4) is 0 Å². The fourth-order valence-corrected chi connectivity index (χ4v) is 12.5. The van der Waals surface area contributed by atoms with Crippen LogP contribution in [0.15, 0.2) is 103 Å². The number of carbonyl (C=O) groups excluding carboxylic acids is 3. The van der Waals surface area contributed by atoms with E-state index in [9.17, 15) is 14.7 Å². The summed E-state index contributed by atoms with van der Waals surface area (Å²) in [6.07, 6.45) is -0.0603. The number of amides is 3. The minimum Gasteiger partial charge on any atom is -0.497 e. The van der Waals surface area contributed by atoms with Crippen LogP contribution in [0.1, 0.15) is 30.9 Å². The molecule has 0 aromatic heterocycles. The van der Waals surface area contributed by atoms with Gasteiger partial charge in [-0.15, -0.1) is 0 Å². The maximum Gasteiger partial charge on any atom is 0.268 e. The Balaban J connectivity index is 1.35. The molecule has 0 bridgehead atoms. The monoisotopic (exact) mass is 703 g/mol. The molecular formula is C41H45N3O6Si. The van der Waals surface area contributed by atoms with Crippen molar-refractivity contribution in [2.75, 3.05) is 36.6 Å². The summed E-state index contributed by atoms with van der Waals surface area (Å²) in [4.78, 5) is 47.3. The summed E-state index contributed by atoms with van der Waals surface area (Å²) >= 11 is 0. The lowest BCUT2D eigenvalue weighted by molar-refractivity contribution is -0.149. The quantitative estimate of drug-likeness (QED) is 0.158. The summed E-state index contributed by atoms with van der Waals surface area (Å²) in [5.41, 5.74) is 2.30. The third-order valence-electron chi connectivity index (χ3n) is 11.2. The molecule has 3 aliphatic rings. The number of aliphatic hydroxyl groups excluding tert-OH is 1. The lowest BCUT2D eigenvalue weighted by Gasteiger charge is -2.37. The molecular weight excluding hydrogens is 659 g/mol. The summed E-state index contributed by atoms with van der Waals surface area (Å²) in [6.45, 7) is 7.66. The van der Waals surface area contributed by atoms with Crippen LogP contribution >= 0.6 is 0 Å². The Hall–Kier alpha value is -4.77. The second-order valence-corrected chi connectivity index (χ2v) is 19.0. The van der Waals surface area contributed by atoms with E-state index in [1.165, 1.54) is 5.19 Å². The van der Waals surface area contributed by atoms with Crippen LogP contribution in [0.4, 0.5) is 17.1 Å². The summed E-state index contributed by atoms with van der Waals surface area (Å²) in [5, 5.41) is 11.2. The average molecular weight is 704 g/mol. The van der Waals surface area contributed by atoms with Crippen molar-refractivity contribution in [3.8, 4) is 5.75 Å². The number of carbonyl (C=O) groups is 3. The van der Waals surface area contributed by atoms with Gasteiger partial charge in [-0.2, -0.15) is 0 Å². The van der Waals surface area contributed by atoms with Gasteiger partial charge >= 0.3 is 0 Å². The molecule has 10 heteroatoms. The lowest BCUT2D eigenvalue weighted by Crippen LogP contribution is -2.52. The summed E-state index contributed by atoms with van der Waals surface area (Å²) in [5.74, 6) is 0.137. The molecule has 51 heavy (non-hydrogen) atoms. The van der Waals surface area contributed by atoms with Gasteiger partial charge in [0.05, 0.1) is 40.0 Å². The van der Waals surface area contributed by atoms with Crippen LogP contribution in [-0.4, -0.2) is 68.7 Å².